The average Bonchev–Trinajstić information content (AvgIpc) is 2.68. The lowest BCUT2D eigenvalue weighted by atomic mass is 9.87. The third-order valence-corrected chi connectivity index (χ3v) is 5.65. The van der Waals surface area contributed by atoms with Gasteiger partial charge in [-0.05, 0) is 69.3 Å². The molecule has 1 unspecified atom stereocenters. The molecule has 0 aliphatic heterocycles. The minimum Gasteiger partial charge on any atom is -0.346 e. The maximum absolute atomic E-state index is 12.4. The molecule has 1 aliphatic carbocycles. The maximum atomic E-state index is 12.4. The Morgan fingerprint density at radius 3 is 2.48 bits per heavy atom. The van der Waals surface area contributed by atoms with E-state index in [4.69, 9.17) is 0 Å². The second-order valence-electron chi connectivity index (χ2n) is 8.12. The summed E-state index contributed by atoms with van der Waals surface area (Å²) in [5.74, 6) is -0.345. The molecule has 0 fully saturated rings. The highest BCUT2D eigenvalue weighted by molar-refractivity contribution is 5.96. The van der Waals surface area contributed by atoms with Gasteiger partial charge in [-0.25, -0.2) is 0 Å². The fourth-order valence-corrected chi connectivity index (χ4v) is 4.32. The first kappa shape index (κ1) is 21.1. The molecule has 5 nitrogen and oxygen atoms in total. The summed E-state index contributed by atoms with van der Waals surface area (Å²) in [5, 5.41) is 5.68. The van der Waals surface area contributed by atoms with Crippen LogP contribution in [0.4, 0.5) is 5.69 Å². The molecule has 0 saturated carbocycles. The number of carbonyl (C=O) groups excluding carboxylic acids is 2. The molecule has 3 rings (SSSR count). The van der Waals surface area contributed by atoms with Gasteiger partial charge in [-0.1, -0.05) is 42.0 Å². The molecule has 0 saturated heterocycles. The molecule has 5 heteroatoms. The molecule has 29 heavy (non-hydrogen) atoms. The molecule has 2 amide bonds. The van der Waals surface area contributed by atoms with Crippen LogP contribution in [0.15, 0.2) is 36.4 Å². The number of likely N-dealkylation sites (N-methyl/N-ethyl adjacent to an activating group) is 1. The van der Waals surface area contributed by atoms with Crippen LogP contribution in [-0.2, 0) is 16.0 Å². The lowest BCUT2D eigenvalue weighted by Gasteiger charge is -2.32. The molecule has 1 atom stereocenters. The van der Waals surface area contributed by atoms with Gasteiger partial charge in [0.1, 0.15) is 0 Å². The van der Waals surface area contributed by atoms with E-state index in [2.05, 4.69) is 39.8 Å². The molecule has 0 aromatic heterocycles. The van der Waals surface area contributed by atoms with Crippen molar-refractivity contribution in [2.24, 2.45) is 0 Å². The van der Waals surface area contributed by atoms with Crippen molar-refractivity contribution in [1.82, 2.24) is 10.2 Å². The number of rotatable bonds is 6. The van der Waals surface area contributed by atoms with Crippen molar-refractivity contribution in [3.05, 3.63) is 64.2 Å². The monoisotopic (exact) mass is 393 g/mol. The molecule has 154 valence electrons. The number of hydrogen-bond donors (Lipinski definition) is 2. The number of hydrogen-bond acceptors (Lipinski definition) is 3. The second-order valence-corrected chi connectivity index (χ2v) is 8.12. The quantitative estimate of drug-likeness (QED) is 0.787. The lowest BCUT2D eigenvalue weighted by Crippen LogP contribution is -2.41. The SMILES string of the molecule is Cc1cc(C)c(NC(=O)CNC(=O)CN(C)C2CCCc3ccccc32)c(C)c1. The molecule has 2 N–H and O–H groups in total. The van der Waals surface area contributed by atoms with Gasteiger partial charge in [0.2, 0.25) is 11.8 Å². The number of amides is 2. The summed E-state index contributed by atoms with van der Waals surface area (Å²) < 4.78 is 0. The van der Waals surface area contributed by atoms with Crippen molar-refractivity contribution in [1.29, 1.82) is 0 Å². The summed E-state index contributed by atoms with van der Waals surface area (Å²) in [4.78, 5) is 26.8. The van der Waals surface area contributed by atoms with Crippen molar-refractivity contribution in [2.75, 3.05) is 25.5 Å². The summed E-state index contributed by atoms with van der Waals surface area (Å²) in [6, 6.07) is 12.8. The van der Waals surface area contributed by atoms with Crippen LogP contribution in [0.3, 0.4) is 0 Å². The maximum Gasteiger partial charge on any atom is 0.243 e. The van der Waals surface area contributed by atoms with Gasteiger partial charge in [0.05, 0.1) is 13.1 Å². The summed E-state index contributed by atoms with van der Waals surface area (Å²) in [6.45, 7) is 6.24. The van der Waals surface area contributed by atoms with Crippen molar-refractivity contribution >= 4 is 17.5 Å². The van der Waals surface area contributed by atoms with Crippen LogP contribution >= 0.6 is 0 Å². The van der Waals surface area contributed by atoms with Crippen LogP contribution in [0.1, 0.15) is 46.7 Å². The van der Waals surface area contributed by atoms with Crippen molar-refractivity contribution < 1.29 is 9.59 Å². The van der Waals surface area contributed by atoms with Crippen LogP contribution in [0.25, 0.3) is 0 Å². The number of aryl methyl sites for hydroxylation is 4. The Kier molecular flexibility index (Phi) is 6.70. The highest BCUT2D eigenvalue weighted by Gasteiger charge is 2.24. The van der Waals surface area contributed by atoms with E-state index in [0.717, 1.165) is 36.1 Å². The number of benzene rings is 2. The first-order valence-corrected chi connectivity index (χ1v) is 10.3. The molecular formula is C24H31N3O2. The van der Waals surface area contributed by atoms with Gasteiger partial charge in [0.25, 0.3) is 0 Å². The van der Waals surface area contributed by atoms with Crippen molar-refractivity contribution in [3.63, 3.8) is 0 Å². The number of nitrogens with zero attached hydrogens (tertiary/aromatic N) is 1. The van der Waals surface area contributed by atoms with Crippen LogP contribution in [0.2, 0.25) is 0 Å². The van der Waals surface area contributed by atoms with Crippen LogP contribution in [0.5, 0.6) is 0 Å². The van der Waals surface area contributed by atoms with Crippen molar-refractivity contribution in [2.45, 2.75) is 46.1 Å². The summed E-state index contributed by atoms with van der Waals surface area (Å²) >= 11 is 0. The minimum atomic E-state index is -0.209. The highest BCUT2D eigenvalue weighted by atomic mass is 16.2. The van der Waals surface area contributed by atoms with Gasteiger partial charge in [0, 0.05) is 11.7 Å². The number of carbonyl (C=O) groups is 2. The fourth-order valence-electron chi connectivity index (χ4n) is 4.32. The summed E-state index contributed by atoms with van der Waals surface area (Å²) in [6.07, 6.45) is 3.28. The molecule has 0 radical (unpaired) electrons. The Hall–Kier alpha value is -2.66. The van der Waals surface area contributed by atoms with Gasteiger partial charge in [0.15, 0.2) is 0 Å². The standard InChI is InChI=1S/C24H31N3O2/c1-16-12-17(2)24(18(3)13-16)26-22(28)14-25-23(29)15-27(4)21-11-7-9-19-8-5-6-10-20(19)21/h5-6,8,10,12-13,21H,7,9,11,14-15H2,1-4H3,(H,25,29)(H,26,28). The Bertz CT molecular complexity index is 884. The zero-order valence-electron chi connectivity index (χ0n) is 17.8. The Morgan fingerprint density at radius 2 is 1.76 bits per heavy atom. The van der Waals surface area contributed by atoms with Crippen LogP contribution < -0.4 is 10.6 Å². The molecule has 0 bridgehead atoms. The largest absolute Gasteiger partial charge is 0.346 e. The molecule has 1 aliphatic rings. The number of fused-ring (bicyclic) bond motifs is 1. The minimum absolute atomic E-state index is 0.0271. The van der Waals surface area contributed by atoms with E-state index in [1.165, 1.54) is 16.7 Å². The summed E-state index contributed by atoms with van der Waals surface area (Å²) in [5.41, 5.74) is 6.73. The van der Waals surface area contributed by atoms with Crippen molar-refractivity contribution in [3.8, 4) is 0 Å². The second kappa shape index (κ2) is 9.23. The first-order chi connectivity index (χ1) is 13.8. The topological polar surface area (TPSA) is 61.4 Å². The first-order valence-electron chi connectivity index (χ1n) is 10.3. The van der Waals surface area contributed by atoms with Gasteiger partial charge in [-0.2, -0.15) is 0 Å². The van der Waals surface area contributed by atoms with E-state index in [1.54, 1.807) is 0 Å². The van der Waals surface area contributed by atoms with Crippen LogP contribution in [0, 0.1) is 20.8 Å². The van der Waals surface area contributed by atoms with Gasteiger partial charge in [-0.15, -0.1) is 0 Å². The zero-order chi connectivity index (χ0) is 21.0. The fraction of sp³-hybridized carbons (Fsp3) is 0.417. The Balaban J connectivity index is 1.52. The Labute approximate surface area is 173 Å². The van der Waals surface area contributed by atoms with Gasteiger partial charge >= 0.3 is 0 Å². The number of nitrogens with one attached hydrogen (secondary N) is 2. The van der Waals surface area contributed by atoms with E-state index in [-0.39, 0.29) is 30.9 Å². The predicted octanol–water partition coefficient (Wildman–Crippen LogP) is 3.68. The van der Waals surface area contributed by atoms with E-state index < -0.39 is 0 Å². The van der Waals surface area contributed by atoms with E-state index in [0.29, 0.717) is 0 Å². The molecule has 0 heterocycles. The normalized spacial score (nSPS) is 15.7. The van der Waals surface area contributed by atoms with E-state index >= 15 is 0 Å². The third-order valence-electron chi connectivity index (χ3n) is 5.65. The molecule has 2 aromatic rings. The molecule has 2 aromatic carbocycles. The Morgan fingerprint density at radius 1 is 1.07 bits per heavy atom. The summed E-state index contributed by atoms with van der Waals surface area (Å²) in [7, 11) is 1.98. The van der Waals surface area contributed by atoms with Gasteiger partial charge < -0.3 is 10.6 Å². The zero-order valence-corrected chi connectivity index (χ0v) is 17.8. The van der Waals surface area contributed by atoms with Crippen LogP contribution in [-0.4, -0.2) is 36.9 Å². The number of anilines is 1. The highest BCUT2D eigenvalue weighted by Crippen LogP contribution is 2.33. The third kappa shape index (κ3) is 5.24. The van der Waals surface area contributed by atoms with E-state index in [1.807, 2.05) is 40.0 Å². The van der Waals surface area contributed by atoms with E-state index in [9.17, 15) is 9.59 Å². The average molecular weight is 394 g/mol. The predicted molar refractivity (Wildman–Crippen MR) is 117 cm³/mol. The molecule has 0 spiro atoms. The lowest BCUT2D eigenvalue weighted by molar-refractivity contribution is -0.125. The smallest absolute Gasteiger partial charge is 0.243 e. The van der Waals surface area contributed by atoms with Gasteiger partial charge in [-0.3, -0.25) is 14.5 Å². The molecular weight excluding hydrogens is 362 g/mol.